The summed E-state index contributed by atoms with van der Waals surface area (Å²) < 4.78 is 0. The zero-order valence-corrected chi connectivity index (χ0v) is 13.3. The Balaban J connectivity index is 1.70. The third kappa shape index (κ3) is 2.78. The highest BCUT2D eigenvalue weighted by Gasteiger charge is 2.31. The van der Waals surface area contributed by atoms with Crippen LogP contribution in [0.2, 0.25) is 0 Å². The molecule has 1 heterocycles. The molecule has 116 valence electrons. The molecule has 1 saturated carbocycles. The van der Waals surface area contributed by atoms with Crippen LogP contribution < -0.4 is 5.32 Å². The predicted molar refractivity (Wildman–Crippen MR) is 93.1 cm³/mol. The first kappa shape index (κ1) is 14.2. The third-order valence-electron chi connectivity index (χ3n) is 5.51. The fourth-order valence-electron chi connectivity index (χ4n) is 4.41. The number of rotatable bonds is 3. The molecule has 1 N–H and O–H groups in total. The van der Waals surface area contributed by atoms with Crippen LogP contribution in [-0.2, 0) is 0 Å². The van der Waals surface area contributed by atoms with E-state index in [1.54, 1.807) is 0 Å². The maximum absolute atomic E-state index is 3.50. The smallest absolute Gasteiger partial charge is 0.0377 e. The van der Waals surface area contributed by atoms with E-state index in [1.807, 2.05) is 0 Å². The van der Waals surface area contributed by atoms with Gasteiger partial charge in [-0.05, 0) is 41.2 Å². The molecule has 1 atom stereocenters. The van der Waals surface area contributed by atoms with E-state index in [1.165, 1.54) is 55.1 Å². The number of fused-ring (bicyclic) bond motifs is 1. The van der Waals surface area contributed by atoms with Crippen molar-refractivity contribution in [3.05, 3.63) is 48.0 Å². The van der Waals surface area contributed by atoms with E-state index < -0.39 is 0 Å². The first-order chi connectivity index (χ1) is 10.9. The third-order valence-corrected chi connectivity index (χ3v) is 5.51. The minimum Gasteiger partial charge on any atom is -0.314 e. The van der Waals surface area contributed by atoms with Gasteiger partial charge in [0.25, 0.3) is 0 Å². The lowest BCUT2D eigenvalue weighted by Gasteiger charge is -2.38. The van der Waals surface area contributed by atoms with Crippen molar-refractivity contribution in [1.82, 2.24) is 10.2 Å². The summed E-state index contributed by atoms with van der Waals surface area (Å²) in [5.41, 5.74) is 1.53. The van der Waals surface area contributed by atoms with Crippen molar-refractivity contribution in [2.24, 2.45) is 5.92 Å². The number of hydrogen-bond acceptors (Lipinski definition) is 2. The van der Waals surface area contributed by atoms with E-state index in [0.717, 1.165) is 19.0 Å². The standard InChI is InChI=1S/C20H26N2/c1-4-8-18-15-19(10-9-16(18)5-1)20(17-6-2-3-7-17)22-13-11-21-12-14-22/h1,4-5,8-10,15,17,20-21H,2-3,6-7,11-14H2/t20-/m1/s1. The van der Waals surface area contributed by atoms with Gasteiger partial charge in [0.1, 0.15) is 0 Å². The quantitative estimate of drug-likeness (QED) is 0.921. The summed E-state index contributed by atoms with van der Waals surface area (Å²) in [6.07, 6.45) is 5.64. The van der Waals surface area contributed by atoms with Crippen molar-refractivity contribution < 1.29 is 0 Å². The van der Waals surface area contributed by atoms with E-state index in [4.69, 9.17) is 0 Å². The van der Waals surface area contributed by atoms with E-state index in [-0.39, 0.29) is 0 Å². The second-order valence-corrected chi connectivity index (χ2v) is 6.88. The highest BCUT2D eigenvalue weighted by Crippen LogP contribution is 2.40. The molecule has 22 heavy (non-hydrogen) atoms. The SMILES string of the molecule is c1ccc2cc([C@@H](C3CCCC3)N3CCNCC3)ccc2c1. The van der Waals surface area contributed by atoms with Gasteiger partial charge in [0.15, 0.2) is 0 Å². The summed E-state index contributed by atoms with van der Waals surface area (Å²) in [4.78, 5) is 2.73. The normalized spacial score (nSPS) is 22.2. The summed E-state index contributed by atoms with van der Waals surface area (Å²) in [7, 11) is 0. The highest BCUT2D eigenvalue weighted by atomic mass is 15.2. The van der Waals surface area contributed by atoms with Crippen LogP contribution in [0.4, 0.5) is 0 Å². The average molecular weight is 294 g/mol. The molecule has 1 aliphatic heterocycles. The molecule has 0 radical (unpaired) electrons. The average Bonchev–Trinajstić information content (AvgIpc) is 3.10. The van der Waals surface area contributed by atoms with Crippen molar-refractivity contribution >= 4 is 10.8 Å². The van der Waals surface area contributed by atoms with Gasteiger partial charge in [-0.3, -0.25) is 4.90 Å². The van der Waals surface area contributed by atoms with E-state index in [0.29, 0.717) is 6.04 Å². The lowest BCUT2D eigenvalue weighted by atomic mass is 9.88. The lowest BCUT2D eigenvalue weighted by Crippen LogP contribution is -2.46. The molecule has 0 bridgehead atoms. The van der Waals surface area contributed by atoms with Crippen molar-refractivity contribution in [1.29, 1.82) is 0 Å². The largest absolute Gasteiger partial charge is 0.314 e. The van der Waals surface area contributed by atoms with Crippen LogP contribution in [0, 0.1) is 5.92 Å². The zero-order chi connectivity index (χ0) is 14.8. The molecule has 4 rings (SSSR count). The Morgan fingerprint density at radius 2 is 1.64 bits per heavy atom. The topological polar surface area (TPSA) is 15.3 Å². The van der Waals surface area contributed by atoms with Crippen molar-refractivity contribution in [3.8, 4) is 0 Å². The van der Waals surface area contributed by atoms with Crippen LogP contribution in [0.5, 0.6) is 0 Å². The Bertz CT molecular complexity index is 624. The molecule has 0 aromatic heterocycles. The molecule has 2 aliphatic rings. The minimum atomic E-state index is 0.620. The number of nitrogens with one attached hydrogen (secondary N) is 1. The van der Waals surface area contributed by atoms with Crippen LogP contribution in [0.15, 0.2) is 42.5 Å². The second kappa shape index (κ2) is 6.39. The van der Waals surface area contributed by atoms with Gasteiger partial charge in [-0.15, -0.1) is 0 Å². The molecule has 1 saturated heterocycles. The van der Waals surface area contributed by atoms with Gasteiger partial charge in [0.2, 0.25) is 0 Å². The van der Waals surface area contributed by atoms with Crippen LogP contribution >= 0.6 is 0 Å². The lowest BCUT2D eigenvalue weighted by molar-refractivity contribution is 0.125. The Hall–Kier alpha value is -1.38. The van der Waals surface area contributed by atoms with Crippen LogP contribution in [0.3, 0.4) is 0 Å². The summed E-state index contributed by atoms with van der Waals surface area (Å²) >= 11 is 0. The van der Waals surface area contributed by atoms with Gasteiger partial charge in [-0.1, -0.05) is 49.2 Å². The molecule has 2 nitrogen and oxygen atoms in total. The molecule has 0 amide bonds. The van der Waals surface area contributed by atoms with Crippen molar-refractivity contribution in [2.45, 2.75) is 31.7 Å². The van der Waals surface area contributed by atoms with Crippen LogP contribution in [0.25, 0.3) is 10.8 Å². The fourth-order valence-corrected chi connectivity index (χ4v) is 4.41. The molecular formula is C20H26N2. The summed E-state index contributed by atoms with van der Waals surface area (Å²) in [5.74, 6) is 0.847. The Labute approximate surface area is 133 Å². The molecule has 2 aromatic carbocycles. The van der Waals surface area contributed by atoms with Gasteiger partial charge in [0.05, 0.1) is 0 Å². The number of piperazine rings is 1. The maximum Gasteiger partial charge on any atom is 0.0377 e. The monoisotopic (exact) mass is 294 g/mol. The molecule has 0 spiro atoms. The van der Waals surface area contributed by atoms with Crippen molar-refractivity contribution in [3.63, 3.8) is 0 Å². The number of benzene rings is 2. The first-order valence-corrected chi connectivity index (χ1v) is 8.85. The first-order valence-electron chi connectivity index (χ1n) is 8.85. The maximum atomic E-state index is 3.50. The van der Waals surface area contributed by atoms with Gasteiger partial charge in [0, 0.05) is 32.2 Å². The zero-order valence-electron chi connectivity index (χ0n) is 13.3. The van der Waals surface area contributed by atoms with E-state index in [2.05, 4.69) is 52.7 Å². The summed E-state index contributed by atoms with van der Waals surface area (Å²) in [5, 5.41) is 6.24. The molecule has 2 heteroatoms. The molecular weight excluding hydrogens is 268 g/mol. The molecule has 2 fully saturated rings. The van der Waals surface area contributed by atoms with Gasteiger partial charge < -0.3 is 5.32 Å². The van der Waals surface area contributed by atoms with Gasteiger partial charge in [-0.25, -0.2) is 0 Å². The summed E-state index contributed by atoms with van der Waals surface area (Å²) in [6.45, 7) is 4.65. The van der Waals surface area contributed by atoms with Crippen LogP contribution in [-0.4, -0.2) is 31.1 Å². The number of hydrogen-bond donors (Lipinski definition) is 1. The Morgan fingerprint density at radius 3 is 2.41 bits per heavy atom. The number of nitrogens with zero attached hydrogens (tertiary/aromatic N) is 1. The fraction of sp³-hybridized carbons (Fsp3) is 0.500. The summed E-state index contributed by atoms with van der Waals surface area (Å²) in [6, 6.07) is 16.5. The van der Waals surface area contributed by atoms with E-state index >= 15 is 0 Å². The Morgan fingerprint density at radius 1 is 0.909 bits per heavy atom. The van der Waals surface area contributed by atoms with Crippen molar-refractivity contribution in [2.75, 3.05) is 26.2 Å². The van der Waals surface area contributed by atoms with Crippen LogP contribution in [0.1, 0.15) is 37.3 Å². The van der Waals surface area contributed by atoms with Gasteiger partial charge in [-0.2, -0.15) is 0 Å². The Kier molecular flexibility index (Phi) is 4.13. The molecule has 1 aliphatic carbocycles. The molecule has 0 unspecified atom stereocenters. The predicted octanol–water partition coefficient (Wildman–Crippen LogP) is 3.98. The van der Waals surface area contributed by atoms with Gasteiger partial charge >= 0.3 is 0 Å². The minimum absolute atomic E-state index is 0.620. The second-order valence-electron chi connectivity index (χ2n) is 6.88. The highest BCUT2D eigenvalue weighted by molar-refractivity contribution is 5.83. The molecule has 2 aromatic rings. The van der Waals surface area contributed by atoms with E-state index in [9.17, 15) is 0 Å².